The molecule has 3 amide bonds. The highest BCUT2D eigenvalue weighted by atomic mass is 16.3. The number of hydrogen-bond acceptors (Lipinski definition) is 5. The molecule has 5 rings (SSSR count). The van der Waals surface area contributed by atoms with Crippen LogP contribution < -0.4 is 10.6 Å². The summed E-state index contributed by atoms with van der Waals surface area (Å²) in [5.41, 5.74) is 2.51. The van der Waals surface area contributed by atoms with Gasteiger partial charge in [-0.2, -0.15) is 5.10 Å². The number of nitrogens with zero attached hydrogens (tertiary/aromatic N) is 4. The van der Waals surface area contributed by atoms with Crippen LogP contribution in [0.2, 0.25) is 0 Å². The number of carbonyl (C=O) groups excluding carboxylic acids is 2. The van der Waals surface area contributed by atoms with E-state index in [0.717, 1.165) is 5.69 Å². The van der Waals surface area contributed by atoms with Crippen molar-refractivity contribution < 1.29 is 14.0 Å². The van der Waals surface area contributed by atoms with Crippen LogP contribution in [0.3, 0.4) is 0 Å². The van der Waals surface area contributed by atoms with E-state index in [0.29, 0.717) is 54.0 Å². The molecule has 4 aromatic rings. The Hall–Kier alpha value is -4.14. The summed E-state index contributed by atoms with van der Waals surface area (Å²) >= 11 is 0. The first-order valence-electron chi connectivity index (χ1n) is 11.8. The molecule has 0 aliphatic carbocycles. The van der Waals surface area contributed by atoms with Crippen molar-refractivity contribution in [2.45, 2.75) is 38.8 Å². The summed E-state index contributed by atoms with van der Waals surface area (Å²) in [6.07, 6.45) is 4.64. The van der Waals surface area contributed by atoms with Crippen LogP contribution >= 0.6 is 0 Å². The van der Waals surface area contributed by atoms with Gasteiger partial charge in [0.25, 0.3) is 5.91 Å². The molecule has 1 aliphatic heterocycles. The lowest BCUT2D eigenvalue weighted by Crippen LogP contribution is -2.47. The smallest absolute Gasteiger partial charge is 0.321 e. The number of furan rings is 1. The van der Waals surface area contributed by atoms with E-state index in [9.17, 15) is 9.59 Å². The molecule has 0 spiro atoms. The number of para-hydroxylation sites is 1. The van der Waals surface area contributed by atoms with Crippen molar-refractivity contribution in [3.05, 3.63) is 66.6 Å². The first kappa shape index (κ1) is 22.6. The van der Waals surface area contributed by atoms with Gasteiger partial charge in [-0.1, -0.05) is 18.2 Å². The molecule has 3 aromatic heterocycles. The van der Waals surface area contributed by atoms with Gasteiger partial charge in [-0.05, 0) is 57.0 Å². The van der Waals surface area contributed by atoms with Gasteiger partial charge in [0.15, 0.2) is 11.4 Å². The maximum absolute atomic E-state index is 13.4. The summed E-state index contributed by atoms with van der Waals surface area (Å²) in [5, 5.41) is 11.2. The molecule has 4 heterocycles. The van der Waals surface area contributed by atoms with Gasteiger partial charge < -0.3 is 20.0 Å². The minimum atomic E-state index is -0.180. The SMILES string of the molecule is CC(C)n1ncc2c(C(=O)NC3CCN(C(=O)Nc4ccccc4)CC3)cc(-c3ccco3)nc21. The van der Waals surface area contributed by atoms with E-state index >= 15 is 0 Å². The molecular weight excluding hydrogens is 444 g/mol. The molecule has 0 atom stereocenters. The fraction of sp³-hybridized carbons (Fsp3) is 0.308. The minimum Gasteiger partial charge on any atom is -0.463 e. The van der Waals surface area contributed by atoms with Crippen LogP contribution in [0, 0.1) is 0 Å². The lowest BCUT2D eigenvalue weighted by Gasteiger charge is -2.32. The third kappa shape index (κ3) is 4.75. The fourth-order valence-electron chi connectivity index (χ4n) is 4.35. The van der Waals surface area contributed by atoms with Gasteiger partial charge in [0.05, 0.1) is 23.4 Å². The Morgan fingerprint density at radius 3 is 2.54 bits per heavy atom. The van der Waals surface area contributed by atoms with Gasteiger partial charge in [0.1, 0.15) is 5.69 Å². The zero-order valence-electron chi connectivity index (χ0n) is 19.8. The fourth-order valence-corrected chi connectivity index (χ4v) is 4.35. The number of anilines is 1. The number of pyridine rings is 1. The molecule has 1 aliphatic rings. The number of amides is 3. The second-order valence-corrected chi connectivity index (χ2v) is 8.98. The van der Waals surface area contributed by atoms with Crippen LogP contribution in [0.15, 0.2) is 65.4 Å². The second kappa shape index (κ2) is 9.61. The summed E-state index contributed by atoms with van der Waals surface area (Å²) in [6, 6.07) is 14.7. The third-order valence-corrected chi connectivity index (χ3v) is 6.22. The number of rotatable bonds is 5. The Kier molecular flexibility index (Phi) is 6.22. The molecule has 1 fully saturated rings. The highest BCUT2D eigenvalue weighted by Crippen LogP contribution is 2.27. The highest BCUT2D eigenvalue weighted by Gasteiger charge is 2.26. The van der Waals surface area contributed by atoms with Gasteiger partial charge >= 0.3 is 6.03 Å². The van der Waals surface area contributed by atoms with Crippen molar-refractivity contribution in [2.75, 3.05) is 18.4 Å². The largest absolute Gasteiger partial charge is 0.463 e. The Morgan fingerprint density at radius 2 is 1.86 bits per heavy atom. The molecule has 0 unspecified atom stereocenters. The maximum Gasteiger partial charge on any atom is 0.321 e. The summed E-state index contributed by atoms with van der Waals surface area (Å²) in [7, 11) is 0. The van der Waals surface area contributed by atoms with Gasteiger partial charge in [-0.15, -0.1) is 0 Å². The number of aromatic nitrogens is 3. The van der Waals surface area contributed by atoms with Crippen LogP contribution in [0.25, 0.3) is 22.5 Å². The first-order valence-corrected chi connectivity index (χ1v) is 11.8. The quantitative estimate of drug-likeness (QED) is 0.438. The van der Waals surface area contributed by atoms with E-state index in [4.69, 9.17) is 9.40 Å². The average Bonchev–Trinajstić information content (AvgIpc) is 3.55. The van der Waals surface area contributed by atoms with Gasteiger partial charge in [-0.25, -0.2) is 14.5 Å². The van der Waals surface area contributed by atoms with Crippen molar-refractivity contribution in [1.82, 2.24) is 25.0 Å². The number of carbonyl (C=O) groups is 2. The lowest BCUT2D eigenvalue weighted by atomic mass is 10.0. The normalized spacial score (nSPS) is 14.4. The molecule has 9 nitrogen and oxygen atoms in total. The first-order chi connectivity index (χ1) is 17.0. The van der Waals surface area contributed by atoms with Gasteiger partial charge in [0, 0.05) is 30.9 Å². The topological polar surface area (TPSA) is 105 Å². The number of urea groups is 1. The van der Waals surface area contributed by atoms with Crippen LogP contribution in [0.4, 0.5) is 10.5 Å². The monoisotopic (exact) mass is 472 g/mol. The molecule has 9 heteroatoms. The van der Waals surface area contributed by atoms with Crippen molar-refractivity contribution in [3.63, 3.8) is 0 Å². The van der Waals surface area contributed by atoms with Crippen molar-refractivity contribution >= 4 is 28.7 Å². The molecule has 1 aromatic carbocycles. The van der Waals surface area contributed by atoms with Crippen molar-refractivity contribution in [3.8, 4) is 11.5 Å². The summed E-state index contributed by atoms with van der Waals surface area (Å²) in [6.45, 7) is 5.18. The second-order valence-electron chi connectivity index (χ2n) is 8.98. The zero-order chi connectivity index (χ0) is 24.4. The van der Waals surface area contributed by atoms with Gasteiger partial charge in [-0.3, -0.25) is 4.79 Å². The molecule has 1 saturated heterocycles. The summed E-state index contributed by atoms with van der Waals surface area (Å²) in [5.74, 6) is 0.413. The molecule has 180 valence electrons. The molecular formula is C26H28N6O3. The van der Waals surface area contributed by atoms with Crippen LogP contribution in [0.1, 0.15) is 43.1 Å². The predicted molar refractivity (Wildman–Crippen MR) is 133 cm³/mol. The number of likely N-dealkylation sites (tertiary alicyclic amines) is 1. The van der Waals surface area contributed by atoms with Crippen molar-refractivity contribution in [1.29, 1.82) is 0 Å². The Bertz CT molecular complexity index is 1320. The number of nitrogens with one attached hydrogen (secondary N) is 2. The van der Waals surface area contributed by atoms with Crippen LogP contribution in [-0.2, 0) is 0 Å². The zero-order valence-corrected chi connectivity index (χ0v) is 19.8. The lowest BCUT2D eigenvalue weighted by molar-refractivity contribution is 0.0921. The molecule has 0 bridgehead atoms. The van der Waals surface area contributed by atoms with Crippen molar-refractivity contribution in [2.24, 2.45) is 0 Å². The Morgan fingerprint density at radius 1 is 1.09 bits per heavy atom. The van der Waals surface area contributed by atoms with E-state index in [1.165, 1.54) is 0 Å². The molecule has 2 N–H and O–H groups in total. The van der Waals surface area contributed by atoms with E-state index in [-0.39, 0.29) is 24.0 Å². The number of fused-ring (bicyclic) bond motifs is 1. The summed E-state index contributed by atoms with van der Waals surface area (Å²) < 4.78 is 7.35. The Labute approximate surface area is 203 Å². The highest BCUT2D eigenvalue weighted by molar-refractivity contribution is 6.06. The van der Waals surface area contributed by atoms with Gasteiger partial charge in [0.2, 0.25) is 0 Å². The maximum atomic E-state index is 13.4. The van der Waals surface area contributed by atoms with Crippen LogP contribution in [0.5, 0.6) is 0 Å². The number of benzene rings is 1. The standard InChI is InChI=1S/C26H28N6O3/c1-17(2)32-24-21(16-27-32)20(15-22(30-24)23-9-6-14-35-23)25(33)28-19-10-12-31(13-11-19)26(34)29-18-7-4-3-5-8-18/h3-9,14-17,19H,10-13H2,1-2H3,(H,28,33)(H,29,34). The summed E-state index contributed by atoms with van der Waals surface area (Å²) in [4.78, 5) is 32.5. The average molecular weight is 473 g/mol. The molecule has 0 radical (unpaired) electrons. The third-order valence-electron chi connectivity index (χ3n) is 6.22. The number of piperidine rings is 1. The van der Waals surface area contributed by atoms with Crippen LogP contribution in [-0.4, -0.2) is 50.7 Å². The van der Waals surface area contributed by atoms with E-state index in [1.54, 1.807) is 29.5 Å². The van der Waals surface area contributed by atoms with E-state index in [2.05, 4.69) is 15.7 Å². The minimum absolute atomic E-state index is 0.0290. The van der Waals surface area contributed by atoms with E-state index < -0.39 is 0 Å². The van der Waals surface area contributed by atoms with E-state index in [1.807, 2.05) is 54.9 Å². The molecule has 35 heavy (non-hydrogen) atoms. The number of hydrogen-bond donors (Lipinski definition) is 2. The predicted octanol–water partition coefficient (Wildman–Crippen LogP) is 4.70. The Balaban J connectivity index is 1.30. The molecule has 0 saturated carbocycles.